The summed E-state index contributed by atoms with van der Waals surface area (Å²) in [5.74, 6) is -0.224. The molecule has 39 heavy (non-hydrogen) atoms. The number of benzene rings is 1. The van der Waals surface area contributed by atoms with E-state index in [0.717, 1.165) is 62.5 Å². The summed E-state index contributed by atoms with van der Waals surface area (Å²) < 4.78 is 5.50. The fourth-order valence-electron chi connectivity index (χ4n) is 5.26. The molecule has 0 radical (unpaired) electrons. The second-order valence-electron chi connectivity index (χ2n) is 12.6. The van der Waals surface area contributed by atoms with Crippen LogP contribution >= 0.6 is 0 Å². The fourth-order valence-corrected chi connectivity index (χ4v) is 5.26. The minimum atomic E-state index is -0.791. The minimum absolute atomic E-state index is 0.127. The number of ether oxygens (including phenoxy) is 1. The zero-order valence-corrected chi connectivity index (χ0v) is 25.5. The van der Waals surface area contributed by atoms with E-state index in [1.54, 1.807) is 25.7 Å². The van der Waals surface area contributed by atoms with Crippen LogP contribution in [0, 0.1) is 12.8 Å². The highest BCUT2D eigenvalue weighted by Gasteiger charge is 2.37. The van der Waals surface area contributed by atoms with Crippen molar-refractivity contribution in [2.45, 2.75) is 136 Å². The molecule has 0 heterocycles. The van der Waals surface area contributed by atoms with Crippen molar-refractivity contribution < 1.29 is 19.1 Å². The predicted molar refractivity (Wildman–Crippen MR) is 157 cm³/mol. The molecule has 2 unspecified atom stereocenters. The Bertz CT molecular complexity index is 918. The van der Waals surface area contributed by atoms with E-state index in [4.69, 9.17) is 4.74 Å². The van der Waals surface area contributed by atoms with Crippen molar-refractivity contribution in [1.29, 1.82) is 0 Å². The molecule has 1 fully saturated rings. The molecule has 1 aliphatic carbocycles. The molecule has 0 saturated heterocycles. The average Bonchev–Trinajstić information content (AvgIpc) is 2.84. The minimum Gasteiger partial charge on any atom is -0.444 e. The molecule has 1 aromatic rings. The summed E-state index contributed by atoms with van der Waals surface area (Å²) in [7, 11) is 0. The molecule has 3 amide bonds. The van der Waals surface area contributed by atoms with Crippen LogP contribution in [0.4, 0.5) is 4.79 Å². The quantitative estimate of drug-likeness (QED) is 0.267. The number of hydrogen-bond acceptors (Lipinski definition) is 4. The number of hydrogen-bond donors (Lipinski definition) is 2. The molecule has 7 nitrogen and oxygen atoms in total. The summed E-state index contributed by atoms with van der Waals surface area (Å²) >= 11 is 0. The van der Waals surface area contributed by atoms with Gasteiger partial charge in [0.2, 0.25) is 11.8 Å². The van der Waals surface area contributed by atoms with Gasteiger partial charge in [0.15, 0.2) is 0 Å². The lowest BCUT2D eigenvalue weighted by molar-refractivity contribution is -0.143. The zero-order chi connectivity index (χ0) is 29.0. The van der Waals surface area contributed by atoms with Crippen molar-refractivity contribution in [3.05, 3.63) is 35.4 Å². The van der Waals surface area contributed by atoms with Gasteiger partial charge in [0.05, 0.1) is 0 Å². The number of aryl methyl sites for hydroxylation is 1. The highest BCUT2D eigenvalue weighted by atomic mass is 16.6. The molecular weight excluding hydrogens is 490 g/mol. The molecule has 7 heteroatoms. The molecule has 2 rings (SSSR count). The molecular formula is C32H53N3O4. The SMILES string of the molecule is CCCCCCN(C(=O)C(CC(C)C)NC(=O)OC(C)(C)C)C(C(=O)NC1CCCCC1)c1cccc(C)c1. The first kappa shape index (κ1) is 32.6. The summed E-state index contributed by atoms with van der Waals surface area (Å²) in [4.78, 5) is 42.8. The molecule has 2 atom stereocenters. The van der Waals surface area contributed by atoms with Crippen LogP contribution in [0.25, 0.3) is 0 Å². The second-order valence-corrected chi connectivity index (χ2v) is 12.6. The molecule has 1 aliphatic rings. The van der Waals surface area contributed by atoms with Crippen LogP contribution in [0.3, 0.4) is 0 Å². The summed E-state index contributed by atoms with van der Waals surface area (Å²) in [5, 5.41) is 6.12. The van der Waals surface area contributed by atoms with Crippen LogP contribution in [-0.2, 0) is 14.3 Å². The van der Waals surface area contributed by atoms with Gasteiger partial charge < -0.3 is 20.3 Å². The van der Waals surface area contributed by atoms with E-state index < -0.39 is 23.8 Å². The highest BCUT2D eigenvalue weighted by molar-refractivity contribution is 5.92. The van der Waals surface area contributed by atoms with Gasteiger partial charge in [0.25, 0.3) is 0 Å². The van der Waals surface area contributed by atoms with Crippen LogP contribution in [-0.4, -0.2) is 47.0 Å². The Labute approximate surface area is 236 Å². The molecule has 0 aliphatic heterocycles. The zero-order valence-electron chi connectivity index (χ0n) is 25.5. The predicted octanol–water partition coefficient (Wildman–Crippen LogP) is 6.83. The summed E-state index contributed by atoms with van der Waals surface area (Å²) in [6.45, 7) is 14.0. The third-order valence-electron chi connectivity index (χ3n) is 7.10. The monoisotopic (exact) mass is 543 g/mol. The average molecular weight is 544 g/mol. The molecule has 2 N–H and O–H groups in total. The normalized spacial score (nSPS) is 15.9. The summed E-state index contributed by atoms with van der Waals surface area (Å²) in [5.41, 5.74) is 1.15. The summed E-state index contributed by atoms with van der Waals surface area (Å²) in [6.07, 6.45) is 9.08. The van der Waals surface area contributed by atoms with E-state index in [1.807, 2.05) is 45.0 Å². The Balaban J connectivity index is 2.46. The van der Waals surface area contributed by atoms with Gasteiger partial charge in [0.1, 0.15) is 17.7 Å². The van der Waals surface area contributed by atoms with E-state index in [-0.39, 0.29) is 23.8 Å². The molecule has 0 spiro atoms. The van der Waals surface area contributed by atoms with Crippen molar-refractivity contribution in [3.8, 4) is 0 Å². The molecule has 1 aromatic carbocycles. The van der Waals surface area contributed by atoms with Gasteiger partial charge in [-0.15, -0.1) is 0 Å². The molecule has 1 saturated carbocycles. The van der Waals surface area contributed by atoms with Crippen molar-refractivity contribution in [2.75, 3.05) is 6.54 Å². The van der Waals surface area contributed by atoms with E-state index in [2.05, 4.69) is 17.6 Å². The van der Waals surface area contributed by atoms with Crippen LogP contribution < -0.4 is 10.6 Å². The Morgan fingerprint density at radius 1 is 1.05 bits per heavy atom. The Morgan fingerprint density at radius 3 is 2.33 bits per heavy atom. The second kappa shape index (κ2) is 15.9. The third-order valence-corrected chi connectivity index (χ3v) is 7.10. The van der Waals surface area contributed by atoms with Gasteiger partial charge in [0, 0.05) is 12.6 Å². The first-order valence-electron chi connectivity index (χ1n) is 15.1. The van der Waals surface area contributed by atoms with Crippen molar-refractivity contribution in [3.63, 3.8) is 0 Å². The summed E-state index contributed by atoms with van der Waals surface area (Å²) in [6, 6.07) is 6.44. The van der Waals surface area contributed by atoms with E-state index in [9.17, 15) is 14.4 Å². The first-order chi connectivity index (χ1) is 18.4. The number of carbonyl (C=O) groups excluding carboxylic acids is 3. The van der Waals surface area contributed by atoms with Gasteiger partial charge in [-0.3, -0.25) is 9.59 Å². The van der Waals surface area contributed by atoms with Gasteiger partial charge in [-0.05, 0) is 64.9 Å². The molecule has 0 bridgehead atoms. The maximum atomic E-state index is 14.3. The first-order valence-corrected chi connectivity index (χ1v) is 15.1. The molecule has 0 aromatic heterocycles. The topological polar surface area (TPSA) is 87.7 Å². The van der Waals surface area contributed by atoms with Crippen LogP contribution in [0.5, 0.6) is 0 Å². The van der Waals surface area contributed by atoms with Crippen molar-refractivity contribution in [2.24, 2.45) is 5.92 Å². The number of rotatable bonds is 13. The van der Waals surface area contributed by atoms with Gasteiger partial charge in [-0.1, -0.05) is 89.1 Å². The Hall–Kier alpha value is -2.57. The van der Waals surface area contributed by atoms with Crippen LogP contribution in [0.15, 0.2) is 24.3 Å². The lowest BCUT2D eigenvalue weighted by Gasteiger charge is -2.36. The maximum Gasteiger partial charge on any atom is 0.408 e. The number of alkyl carbamates (subject to hydrolysis) is 1. The molecule has 220 valence electrons. The van der Waals surface area contributed by atoms with E-state index in [0.29, 0.717) is 13.0 Å². The lowest BCUT2D eigenvalue weighted by atomic mass is 9.94. The van der Waals surface area contributed by atoms with Crippen molar-refractivity contribution in [1.82, 2.24) is 15.5 Å². The van der Waals surface area contributed by atoms with E-state index in [1.165, 1.54) is 6.42 Å². The van der Waals surface area contributed by atoms with Crippen LogP contribution in [0.2, 0.25) is 0 Å². The Kier molecular flexibility index (Phi) is 13.3. The standard InChI is InChI=1S/C32H53N3O4/c1-8-9-10-14-20-35(30(37)27(21-23(2)3)34-31(38)39-32(5,6)7)28(25-17-15-16-24(4)22-25)29(36)33-26-18-12-11-13-19-26/h15-17,22-23,26-28H,8-14,18-21H2,1-7H3,(H,33,36)(H,34,38). The lowest BCUT2D eigenvalue weighted by Crippen LogP contribution is -2.54. The number of carbonyl (C=O) groups is 3. The maximum absolute atomic E-state index is 14.3. The van der Waals surface area contributed by atoms with Crippen LogP contribution in [0.1, 0.15) is 123 Å². The number of nitrogens with one attached hydrogen (secondary N) is 2. The third kappa shape index (κ3) is 11.6. The van der Waals surface area contributed by atoms with Gasteiger partial charge >= 0.3 is 6.09 Å². The Morgan fingerprint density at radius 2 is 1.74 bits per heavy atom. The number of unbranched alkanes of at least 4 members (excludes halogenated alkanes) is 3. The van der Waals surface area contributed by atoms with Gasteiger partial charge in [-0.2, -0.15) is 0 Å². The number of amides is 3. The fraction of sp³-hybridized carbons (Fsp3) is 0.719. The van der Waals surface area contributed by atoms with Crippen molar-refractivity contribution >= 4 is 17.9 Å². The smallest absolute Gasteiger partial charge is 0.408 e. The number of nitrogens with zero attached hydrogens (tertiary/aromatic N) is 1. The van der Waals surface area contributed by atoms with E-state index >= 15 is 0 Å². The largest absolute Gasteiger partial charge is 0.444 e. The highest BCUT2D eigenvalue weighted by Crippen LogP contribution is 2.27. The van der Waals surface area contributed by atoms with Gasteiger partial charge in [-0.25, -0.2) is 4.79 Å².